The van der Waals surface area contributed by atoms with E-state index in [0.717, 1.165) is 43.5 Å². The summed E-state index contributed by atoms with van der Waals surface area (Å²) in [6.45, 7) is 8.03. The number of hydrogen-bond acceptors (Lipinski definition) is 4. The van der Waals surface area contributed by atoms with E-state index < -0.39 is 12.1 Å². The molecule has 0 spiro atoms. The molecule has 5 rings (SSSR count). The van der Waals surface area contributed by atoms with Crippen molar-refractivity contribution in [3.8, 4) is 5.75 Å². The van der Waals surface area contributed by atoms with Crippen LogP contribution in [0.25, 0.3) is 0 Å². The molecule has 0 saturated heterocycles. The number of ether oxygens (including phenoxy) is 2. The minimum absolute atomic E-state index is 0.145. The van der Waals surface area contributed by atoms with Gasteiger partial charge in [-0.2, -0.15) is 0 Å². The predicted octanol–water partition coefficient (Wildman–Crippen LogP) is 8.02. The van der Waals surface area contributed by atoms with Gasteiger partial charge in [-0.1, -0.05) is 99.1 Å². The van der Waals surface area contributed by atoms with Crippen molar-refractivity contribution in [2.75, 3.05) is 26.8 Å². The monoisotopic (exact) mass is 605 g/mol. The lowest BCUT2D eigenvalue weighted by molar-refractivity contribution is -0.149. The van der Waals surface area contributed by atoms with Crippen molar-refractivity contribution >= 4 is 5.97 Å². The number of rotatable bonds is 14. The average molecular weight is 606 g/mol. The van der Waals surface area contributed by atoms with Crippen molar-refractivity contribution < 1.29 is 19.4 Å². The smallest absolute Gasteiger partial charge is 0.333 e. The second-order valence-electron chi connectivity index (χ2n) is 12.2. The Kier molecular flexibility index (Phi) is 11.1. The standard InChI is InChI=1S/C40H47NO4/c1-5-10-29-15-21-36-33(25-29)16-17-34-27-32(28(3)31-11-8-7-9-12-31)18-22-37(34)39(36)41(4)23-24-45-35-19-13-30(14-20-35)26-38(40(42)43)44-6-2/h7-9,11-15,18-22,25,27-28,38-39H,5-6,10,16-17,23-24,26H2,1-4H3,(H,42,43). The Hall–Kier alpha value is -3.93. The van der Waals surface area contributed by atoms with E-state index in [0.29, 0.717) is 25.6 Å². The molecule has 1 aliphatic carbocycles. The molecule has 3 unspecified atom stereocenters. The molecule has 0 amide bonds. The van der Waals surface area contributed by atoms with Crippen molar-refractivity contribution in [1.29, 1.82) is 0 Å². The highest BCUT2D eigenvalue weighted by Gasteiger charge is 2.28. The fourth-order valence-corrected chi connectivity index (χ4v) is 6.60. The van der Waals surface area contributed by atoms with Crippen LogP contribution in [-0.4, -0.2) is 48.9 Å². The minimum atomic E-state index is -0.939. The fourth-order valence-electron chi connectivity index (χ4n) is 6.60. The van der Waals surface area contributed by atoms with Gasteiger partial charge in [0.25, 0.3) is 0 Å². The lowest BCUT2D eigenvalue weighted by Crippen LogP contribution is -2.30. The van der Waals surface area contributed by atoms with E-state index in [2.05, 4.69) is 92.5 Å². The van der Waals surface area contributed by atoms with Crippen LogP contribution in [0.15, 0.2) is 91.0 Å². The second kappa shape index (κ2) is 15.4. The van der Waals surface area contributed by atoms with E-state index in [1.54, 1.807) is 0 Å². The molecule has 5 heteroatoms. The van der Waals surface area contributed by atoms with Gasteiger partial charge in [0.15, 0.2) is 6.10 Å². The Morgan fingerprint density at radius 2 is 1.53 bits per heavy atom. The molecular weight excluding hydrogens is 558 g/mol. The highest BCUT2D eigenvalue weighted by molar-refractivity contribution is 5.72. The number of carbonyl (C=O) groups is 1. The van der Waals surface area contributed by atoms with Crippen LogP contribution in [0.1, 0.15) is 83.7 Å². The highest BCUT2D eigenvalue weighted by atomic mass is 16.5. The fraction of sp³-hybridized carbons (Fsp3) is 0.375. The third kappa shape index (κ3) is 8.02. The molecule has 45 heavy (non-hydrogen) atoms. The van der Waals surface area contributed by atoms with Crippen molar-refractivity contribution in [3.05, 3.63) is 136 Å². The largest absolute Gasteiger partial charge is 0.492 e. The molecule has 4 aromatic rings. The third-order valence-corrected chi connectivity index (χ3v) is 9.11. The van der Waals surface area contributed by atoms with E-state index >= 15 is 0 Å². The van der Waals surface area contributed by atoms with Crippen LogP contribution in [0.4, 0.5) is 0 Å². The first-order valence-electron chi connectivity index (χ1n) is 16.4. The number of likely N-dealkylation sites (N-methyl/N-ethyl adjacent to an activating group) is 1. The highest BCUT2D eigenvalue weighted by Crippen LogP contribution is 2.38. The van der Waals surface area contributed by atoms with Crippen molar-refractivity contribution in [1.82, 2.24) is 4.90 Å². The summed E-state index contributed by atoms with van der Waals surface area (Å²) in [6, 6.07) is 32.9. The molecule has 0 radical (unpaired) electrons. The van der Waals surface area contributed by atoms with E-state index in [-0.39, 0.29) is 6.04 Å². The number of fused-ring (bicyclic) bond motifs is 2. The van der Waals surface area contributed by atoms with Gasteiger partial charge in [0.2, 0.25) is 0 Å². The van der Waals surface area contributed by atoms with Crippen molar-refractivity contribution in [2.24, 2.45) is 0 Å². The maximum atomic E-state index is 11.5. The summed E-state index contributed by atoms with van der Waals surface area (Å²) in [5.74, 6) is 0.176. The molecule has 0 heterocycles. The maximum Gasteiger partial charge on any atom is 0.333 e. The second-order valence-corrected chi connectivity index (χ2v) is 12.2. The summed E-state index contributed by atoms with van der Waals surface area (Å²) >= 11 is 0. The zero-order chi connectivity index (χ0) is 31.8. The molecule has 1 aliphatic rings. The SMILES string of the molecule is CCCc1ccc2c(c1)CCc1cc(C(C)c3ccccc3)ccc1C2N(C)CCOc1ccc(CC(OCC)C(=O)O)cc1. The Balaban J connectivity index is 1.34. The van der Waals surface area contributed by atoms with E-state index in [9.17, 15) is 9.90 Å². The number of nitrogens with zero attached hydrogens (tertiary/aromatic N) is 1. The molecule has 1 N–H and O–H groups in total. The molecule has 0 fully saturated rings. The van der Waals surface area contributed by atoms with Crippen LogP contribution < -0.4 is 4.74 Å². The zero-order valence-electron chi connectivity index (χ0n) is 27.2. The van der Waals surface area contributed by atoms with Gasteiger partial charge in [-0.3, -0.25) is 4.90 Å². The van der Waals surface area contributed by atoms with Crippen LogP contribution >= 0.6 is 0 Å². The lowest BCUT2D eigenvalue weighted by atomic mass is 9.87. The molecule has 236 valence electrons. The molecular formula is C40H47NO4. The number of aryl methyl sites for hydroxylation is 3. The van der Waals surface area contributed by atoms with Crippen LogP contribution in [0.5, 0.6) is 5.75 Å². The Bertz CT molecular complexity index is 1550. The molecule has 5 nitrogen and oxygen atoms in total. The van der Waals surface area contributed by atoms with Gasteiger partial charge >= 0.3 is 5.97 Å². The Morgan fingerprint density at radius 3 is 2.20 bits per heavy atom. The number of aliphatic carboxylic acids is 1. The maximum absolute atomic E-state index is 11.5. The molecule has 0 saturated carbocycles. The number of hydrogen-bond donors (Lipinski definition) is 1. The van der Waals surface area contributed by atoms with Gasteiger partial charge in [-0.15, -0.1) is 0 Å². The van der Waals surface area contributed by atoms with Gasteiger partial charge in [0, 0.05) is 25.5 Å². The van der Waals surface area contributed by atoms with Gasteiger partial charge in [-0.05, 0) is 89.9 Å². The van der Waals surface area contributed by atoms with Gasteiger partial charge in [0.1, 0.15) is 12.4 Å². The first-order chi connectivity index (χ1) is 21.9. The van der Waals surface area contributed by atoms with E-state index in [1.165, 1.54) is 38.9 Å². The normalized spacial score (nSPS) is 15.5. The van der Waals surface area contributed by atoms with Crippen molar-refractivity contribution in [3.63, 3.8) is 0 Å². The predicted molar refractivity (Wildman–Crippen MR) is 181 cm³/mol. The zero-order valence-corrected chi connectivity index (χ0v) is 27.2. The quantitative estimate of drug-likeness (QED) is 0.158. The number of benzene rings is 4. The molecule has 4 aromatic carbocycles. The molecule has 3 atom stereocenters. The topological polar surface area (TPSA) is 59.0 Å². The summed E-state index contributed by atoms with van der Waals surface area (Å²) in [5.41, 5.74) is 10.7. The summed E-state index contributed by atoms with van der Waals surface area (Å²) in [7, 11) is 2.20. The first kappa shape index (κ1) is 32.5. The average Bonchev–Trinajstić information content (AvgIpc) is 3.21. The van der Waals surface area contributed by atoms with E-state index in [1.807, 2.05) is 31.2 Å². The van der Waals surface area contributed by atoms with Crippen LogP contribution in [0.2, 0.25) is 0 Å². The van der Waals surface area contributed by atoms with Crippen LogP contribution in [0, 0.1) is 0 Å². The van der Waals surface area contributed by atoms with Gasteiger partial charge < -0.3 is 14.6 Å². The summed E-state index contributed by atoms with van der Waals surface area (Å²) in [5, 5.41) is 9.40. The van der Waals surface area contributed by atoms with Crippen LogP contribution in [-0.2, 0) is 35.2 Å². The minimum Gasteiger partial charge on any atom is -0.492 e. The first-order valence-corrected chi connectivity index (χ1v) is 16.4. The van der Waals surface area contributed by atoms with E-state index in [4.69, 9.17) is 9.47 Å². The van der Waals surface area contributed by atoms with Crippen LogP contribution in [0.3, 0.4) is 0 Å². The number of carboxylic acid groups (broad SMARTS) is 1. The summed E-state index contributed by atoms with van der Waals surface area (Å²) in [6.07, 6.45) is 3.83. The molecule has 0 aliphatic heterocycles. The van der Waals surface area contributed by atoms with Gasteiger partial charge in [-0.25, -0.2) is 4.79 Å². The van der Waals surface area contributed by atoms with Gasteiger partial charge in [0.05, 0.1) is 6.04 Å². The summed E-state index contributed by atoms with van der Waals surface area (Å²) < 4.78 is 11.6. The molecule has 0 aromatic heterocycles. The lowest BCUT2D eigenvalue weighted by Gasteiger charge is -2.31. The molecule has 0 bridgehead atoms. The third-order valence-electron chi connectivity index (χ3n) is 9.11. The Morgan fingerprint density at radius 1 is 0.867 bits per heavy atom. The van der Waals surface area contributed by atoms with Crippen molar-refractivity contribution in [2.45, 2.75) is 70.9 Å². The Labute approximate surface area is 268 Å². The number of carboxylic acids is 1. The summed E-state index contributed by atoms with van der Waals surface area (Å²) in [4.78, 5) is 13.9.